The van der Waals surface area contributed by atoms with Gasteiger partial charge in [-0.2, -0.15) is 0 Å². The average molecular weight is 387 g/mol. The number of likely N-dealkylation sites (N-methyl/N-ethyl adjacent to an activating group) is 1. The van der Waals surface area contributed by atoms with Gasteiger partial charge >= 0.3 is 0 Å². The Balaban J connectivity index is 1.73. The Kier molecular flexibility index (Phi) is 4.97. The maximum atomic E-state index is 13.4. The van der Waals surface area contributed by atoms with Gasteiger partial charge < -0.3 is 9.64 Å². The highest BCUT2D eigenvalue weighted by molar-refractivity contribution is 7.91. The summed E-state index contributed by atoms with van der Waals surface area (Å²) in [6, 6.07) is 14.8. The number of rotatable bonds is 4. The van der Waals surface area contributed by atoms with E-state index >= 15 is 0 Å². The molecule has 2 aliphatic rings. The summed E-state index contributed by atoms with van der Waals surface area (Å²) in [6.07, 6.45) is 0.601. The van der Waals surface area contributed by atoms with E-state index in [1.165, 1.54) is 0 Å². The van der Waals surface area contributed by atoms with Crippen molar-refractivity contribution in [3.8, 4) is 5.75 Å². The first-order chi connectivity index (χ1) is 13.0. The molecule has 2 unspecified atom stereocenters. The fourth-order valence-corrected chi connectivity index (χ4v) is 6.12. The minimum Gasteiger partial charge on any atom is -0.497 e. The number of sulfone groups is 1. The topological polar surface area (TPSA) is 49.9 Å². The first-order valence-corrected chi connectivity index (χ1v) is 10.9. The van der Waals surface area contributed by atoms with Crippen LogP contribution in [-0.2, 0) is 9.84 Å². The lowest BCUT2D eigenvalue weighted by Crippen LogP contribution is -2.45. The molecule has 0 saturated carbocycles. The third-order valence-electron chi connectivity index (χ3n) is 5.86. The summed E-state index contributed by atoms with van der Waals surface area (Å²) in [7, 11) is 0.351. The van der Waals surface area contributed by atoms with Gasteiger partial charge in [-0.25, -0.2) is 8.42 Å². The standard InChI is InChI=1S/C21H26N2O3S/c1-22-10-12-23(13-11-22)20-15-21(18-9-8-16(26-2)14-19(18)20)27(24,25)17-6-4-3-5-7-17/h3-9,14,20-21H,10-13,15H2,1-2H3. The maximum Gasteiger partial charge on any atom is 0.185 e. The molecular formula is C21H26N2O3S. The number of benzene rings is 2. The van der Waals surface area contributed by atoms with Crippen LogP contribution in [0.1, 0.15) is 28.8 Å². The van der Waals surface area contributed by atoms with E-state index in [9.17, 15) is 8.42 Å². The average Bonchev–Trinajstić information content (AvgIpc) is 3.09. The van der Waals surface area contributed by atoms with E-state index in [4.69, 9.17) is 4.74 Å². The molecular weight excluding hydrogens is 360 g/mol. The fraction of sp³-hybridized carbons (Fsp3) is 0.429. The van der Waals surface area contributed by atoms with Gasteiger partial charge in [-0.15, -0.1) is 0 Å². The van der Waals surface area contributed by atoms with E-state index in [0.29, 0.717) is 11.3 Å². The lowest BCUT2D eigenvalue weighted by molar-refractivity contribution is 0.111. The van der Waals surface area contributed by atoms with Crippen LogP contribution < -0.4 is 4.74 Å². The van der Waals surface area contributed by atoms with Crippen LogP contribution in [0.15, 0.2) is 53.4 Å². The molecule has 0 amide bonds. The minimum atomic E-state index is -3.43. The zero-order chi connectivity index (χ0) is 19.0. The highest BCUT2D eigenvalue weighted by atomic mass is 32.2. The Morgan fingerprint density at radius 1 is 0.963 bits per heavy atom. The van der Waals surface area contributed by atoms with E-state index < -0.39 is 15.1 Å². The van der Waals surface area contributed by atoms with E-state index in [-0.39, 0.29) is 6.04 Å². The van der Waals surface area contributed by atoms with E-state index in [1.807, 2.05) is 24.3 Å². The molecule has 2 aromatic rings. The molecule has 144 valence electrons. The largest absolute Gasteiger partial charge is 0.497 e. The Bertz CT molecular complexity index is 906. The van der Waals surface area contributed by atoms with Gasteiger partial charge in [-0.3, -0.25) is 4.90 Å². The van der Waals surface area contributed by atoms with Crippen molar-refractivity contribution >= 4 is 9.84 Å². The van der Waals surface area contributed by atoms with Crippen molar-refractivity contribution < 1.29 is 13.2 Å². The normalized spacial score (nSPS) is 23.9. The number of fused-ring (bicyclic) bond motifs is 1. The molecule has 1 saturated heterocycles. The van der Waals surface area contributed by atoms with Gasteiger partial charge in [-0.1, -0.05) is 24.3 Å². The summed E-state index contributed by atoms with van der Waals surface area (Å²) in [5, 5.41) is -0.509. The summed E-state index contributed by atoms with van der Waals surface area (Å²) < 4.78 is 32.2. The Hall–Kier alpha value is -1.89. The smallest absolute Gasteiger partial charge is 0.185 e. The van der Waals surface area contributed by atoms with Crippen molar-refractivity contribution in [2.75, 3.05) is 40.3 Å². The lowest BCUT2D eigenvalue weighted by Gasteiger charge is -2.37. The molecule has 1 aliphatic heterocycles. The van der Waals surface area contributed by atoms with Gasteiger partial charge in [0.25, 0.3) is 0 Å². The molecule has 2 atom stereocenters. The second kappa shape index (κ2) is 7.26. The van der Waals surface area contributed by atoms with Crippen LogP contribution >= 0.6 is 0 Å². The molecule has 6 heteroatoms. The van der Waals surface area contributed by atoms with Gasteiger partial charge in [0.15, 0.2) is 9.84 Å². The Morgan fingerprint density at radius 3 is 2.33 bits per heavy atom. The molecule has 1 fully saturated rings. The van der Waals surface area contributed by atoms with Crippen molar-refractivity contribution in [3.63, 3.8) is 0 Å². The number of hydrogen-bond donors (Lipinski definition) is 0. The molecule has 4 rings (SSSR count). The van der Waals surface area contributed by atoms with Gasteiger partial charge in [0.1, 0.15) is 5.75 Å². The van der Waals surface area contributed by atoms with Crippen LogP contribution in [0.3, 0.4) is 0 Å². The first kappa shape index (κ1) is 18.5. The van der Waals surface area contributed by atoms with E-state index in [1.54, 1.807) is 31.4 Å². The highest BCUT2D eigenvalue weighted by Gasteiger charge is 2.42. The van der Waals surface area contributed by atoms with Crippen molar-refractivity contribution in [1.82, 2.24) is 9.80 Å². The molecule has 0 aromatic heterocycles. The predicted molar refractivity (Wildman–Crippen MR) is 106 cm³/mol. The van der Waals surface area contributed by atoms with Crippen LogP contribution in [0, 0.1) is 0 Å². The molecule has 0 N–H and O–H groups in total. The van der Waals surface area contributed by atoms with Gasteiger partial charge in [-0.05, 0) is 48.9 Å². The third kappa shape index (κ3) is 3.37. The lowest BCUT2D eigenvalue weighted by atomic mass is 10.1. The quantitative estimate of drug-likeness (QED) is 0.809. The van der Waals surface area contributed by atoms with E-state index in [0.717, 1.165) is 43.1 Å². The van der Waals surface area contributed by atoms with Crippen LogP contribution in [0.2, 0.25) is 0 Å². The number of methoxy groups -OCH3 is 1. The van der Waals surface area contributed by atoms with Gasteiger partial charge in [0, 0.05) is 32.2 Å². The maximum absolute atomic E-state index is 13.4. The predicted octanol–water partition coefficient (Wildman–Crippen LogP) is 2.90. The molecule has 0 spiro atoms. The van der Waals surface area contributed by atoms with Gasteiger partial charge in [0.2, 0.25) is 0 Å². The summed E-state index contributed by atoms with van der Waals surface area (Å²) >= 11 is 0. The first-order valence-electron chi connectivity index (χ1n) is 9.40. The number of hydrogen-bond acceptors (Lipinski definition) is 5. The Labute approximate surface area is 161 Å². The highest BCUT2D eigenvalue weighted by Crippen LogP contribution is 2.49. The second-order valence-electron chi connectivity index (χ2n) is 7.43. The van der Waals surface area contributed by atoms with Crippen LogP contribution in [0.25, 0.3) is 0 Å². The second-order valence-corrected chi connectivity index (χ2v) is 9.56. The molecule has 1 heterocycles. The molecule has 27 heavy (non-hydrogen) atoms. The summed E-state index contributed by atoms with van der Waals surface area (Å²) in [5.74, 6) is 0.783. The van der Waals surface area contributed by atoms with Crippen molar-refractivity contribution in [2.45, 2.75) is 22.6 Å². The SMILES string of the molecule is COc1ccc2c(c1)C(N1CCN(C)CC1)CC2S(=O)(=O)c1ccccc1. The van der Waals surface area contributed by atoms with Gasteiger partial charge in [0.05, 0.1) is 17.3 Å². The number of ether oxygens (including phenoxy) is 1. The fourth-order valence-electron chi connectivity index (χ4n) is 4.27. The number of piperazine rings is 1. The third-order valence-corrected chi connectivity index (χ3v) is 7.99. The monoisotopic (exact) mass is 386 g/mol. The summed E-state index contributed by atoms with van der Waals surface area (Å²) in [6.45, 7) is 3.92. The molecule has 0 bridgehead atoms. The van der Waals surface area contributed by atoms with Crippen molar-refractivity contribution in [1.29, 1.82) is 0 Å². The van der Waals surface area contributed by atoms with Crippen LogP contribution in [0.4, 0.5) is 0 Å². The zero-order valence-corrected chi connectivity index (χ0v) is 16.7. The Morgan fingerprint density at radius 2 is 1.67 bits per heavy atom. The molecule has 0 radical (unpaired) electrons. The summed E-state index contributed by atoms with van der Waals surface area (Å²) in [5.41, 5.74) is 2.02. The zero-order valence-electron chi connectivity index (χ0n) is 15.8. The molecule has 5 nitrogen and oxygen atoms in total. The van der Waals surface area contributed by atoms with E-state index in [2.05, 4.69) is 16.8 Å². The molecule has 2 aromatic carbocycles. The van der Waals surface area contributed by atoms with Crippen molar-refractivity contribution in [2.24, 2.45) is 0 Å². The van der Waals surface area contributed by atoms with Crippen LogP contribution in [-0.4, -0.2) is 58.6 Å². The van der Waals surface area contributed by atoms with Crippen LogP contribution in [0.5, 0.6) is 5.75 Å². The minimum absolute atomic E-state index is 0.118. The number of nitrogens with zero attached hydrogens (tertiary/aromatic N) is 2. The van der Waals surface area contributed by atoms with Crippen molar-refractivity contribution in [3.05, 3.63) is 59.7 Å². The summed E-state index contributed by atoms with van der Waals surface area (Å²) in [4.78, 5) is 5.14. The molecule has 1 aliphatic carbocycles.